The number of fused-ring (bicyclic) bond motifs is 1. The number of likely N-dealkylation sites (N-methyl/N-ethyl adjacent to an activating group) is 1. The Morgan fingerprint density at radius 2 is 1.95 bits per heavy atom. The second-order valence-corrected chi connectivity index (χ2v) is 5.16. The van der Waals surface area contributed by atoms with Gasteiger partial charge < -0.3 is 14.2 Å². The van der Waals surface area contributed by atoms with E-state index in [-0.39, 0.29) is 12.0 Å². The first-order chi connectivity index (χ1) is 10.1. The zero-order valence-corrected chi connectivity index (χ0v) is 13.1. The molecular weight excluding hydrogens is 270 g/mol. The van der Waals surface area contributed by atoms with Crippen molar-refractivity contribution in [2.45, 2.75) is 25.8 Å². The molecule has 0 radical (unpaired) electrons. The standard InChI is InChI=1S/C16H23NO4/c1-5-21-16(18)10-13-12-9-15(20-4)14(19-3)8-11(12)6-7-17(13)2/h8-9,13H,5-7,10H2,1-4H3. The van der Waals surface area contributed by atoms with Crippen LogP contribution in [0.1, 0.15) is 30.5 Å². The van der Waals surface area contributed by atoms with Gasteiger partial charge in [-0.1, -0.05) is 0 Å². The number of nitrogens with zero attached hydrogens (tertiary/aromatic N) is 1. The van der Waals surface area contributed by atoms with Gasteiger partial charge in [0.1, 0.15) is 0 Å². The van der Waals surface area contributed by atoms with Gasteiger partial charge in [-0.05, 0) is 43.7 Å². The van der Waals surface area contributed by atoms with Gasteiger partial charge in [0, 0.05) is 12.6 Å². The van der Waals surface area contributed by atoms with Crippen LogP contribution in [0.5, 0.6) is 11.5 Å². The Hall–Kier alpha value is -1.75. The van der Waals surface area contributed by atoms with E-state index in [1.165, 1.54) is 5.56 Å². The Bertz CT molecular complexity index is 515. The van der Waals surface area contributed by atoms with Crippen LogP contribution in [0.4, 0.5) is 0 Å². The lowest BCUT2D eigenvalue weighted by Gasteiger charge is -2.34. The second-order valence-electron chi connectivity index (χ2n) is 5.16. The molecule has 0 saturated carbocycles. The maximum absolute atomic E-state index is 11.8. The van der Waals surface area contributed by atoms with Crippen molar-refractivity contribution in [3.8, 4) is 11.5 Å². The Balaban J connectivity index is 2.34. The maximum Gasteiger partial charge on any atom is 0.307 e. The Morgan fingerprint density at radius 1 is 1.29 bits per heavy atom. The van der Waals surface area contributed by atoms with Crippen molar-refractivity contribution in [2.75, 3.05) is 34.4 Å². The highest BCUT2D eigenvalue weighted by Gasteiger charge is 2.29. The fourth-order valence-electron chi connectivity index (χ4n) is 2.80. The number of esters is 1. The molecule has 1 unspecified atom stereocenters. The Morgan fingerprint density at radius 3 is 2.57 bits per heavy atom. The fraction of sp³-hybridized carbons (Fsp3) is 0.562. The molecule has 116 valence electrons. The minimum absolute atomic E-state index is 0.0209. The smallest absolute Gasteiger partial charge is 0.307 e. The largest absolute Gasteiger partial charge is 0.493 e. The zero-order chi connectivity index (χ0) is 15.4. The minimum atomic E-state index is -0.169. The van der Waals surface area contributed by atoms with Gasteiger partial charge in [0.15, 0.2) is 11.5 Å². The number of hydrogen-bond donors (Lipinski definition) is 0. The number of benzene rings is 1. The molecule has 1 aromatic carbocycles. The highest BCUT2D eigenvalue weighted by atomic mass is 16.5. The van der Waals surface area contributed by atoms with Gasteiger partial charge in [-0.3, -0.25) is 9.69 Å². The number of carbonyl (C=O) groups excluding carboxylic acids is 1. The molecule has 0 saturated heterocycles. The number of rotatable bonds is 5. The minimum Gasteiger partial charge on any atom is -0.493 e. The summed E-state index contributed by atoms with van der Waals surface area (Å²) in [6.07, 6.45) is 1.29. The van der Waals surface area contributed by atoms with Crippen LogP contribution in [0, 0.1) is 0 Å². The quantitative estimate of drug-likeness (QED) is 0.779. The molecule has 1 aliphatic heterocycles. The number of hydrogen-bond acceptors (Lipinski definition) is 5. The van der Waals surface area contributed by atoms with Crippen molar-refractivity contribution in [2.24, 2.45) is 0 Å². The van der Waals surface area contributed by atoms with Crippen LogP contribution in [0.15, 0.2) is 12.1 Å². The molecule has 2 rings (SSSR count). The predicted molar refractivity (Wildman–Crippen MR) is 79.9 cm³/mol. The normalized spacial score (nSPS) is 18.0. The topological polar surface area (TPSA) is 48.0 Å². The summed E-state index contributed by atoms with van der Waals surface area (Å²) in [6.45, 7) is 3.14. The van der Waals surface area contributed by atoms with Crippen LogP contribution in [0.3, 0.4) is 0 Å². The number of ether oxygens (including phenoxy) is 3. The van der Waals surface area contributed by atoms with Crippen molar-refractivity contribution in [1.82, 2.24) is 4.90 Å². The first-order valence-electron chi connectivity index (χ1n) is 7.21. The summed E-state index contributed by atoms with van der Waals surface area (Å²) in [5.41, 5.74) is 2.33. The monoisotopic (exact) mass is 293 g/mol. The predicted octanol–water partition coefficient (Wildman–Crippen LogP) is 2.19. The van der Waals surface area contributed by atoms with E-state index in [0.29, 0.717) is 18.8 Å². The molecule has 1 heterocycles. The molecule has 5 nitrogen and oxygen atoms in total. The van der Waals surface area contributed by atoms with E-state index < -0.39 is 0 Å². The molecule has 1 aliphatic rings. The summed E-state index contributed by atoms with van der Waals surface area (Å²) in [7, 11) is 5.29. The fourth-order valence-corrected chi connectivity index (χ4v) is 2.80. The lowest BCUT2D eigenvalue weighted by molar-refractivity contribution is -0.144. The van der Waals surface area contributed by atoms with Crippen molar-refractivity contribution < 1.29 is 19.0 Å². The Labute approximate surface area is 125 Å². The van der Waals surface area contributed by atoms with E-state index in [1.807, 2.05) is 26.1 Å². The van der Waals surface area contributed by atoms with Crippen molar-refractivity contribution >= 4 is 5.97 Å². The summed E-state index contributed by atoms with van der Waals surface area (Å²) in [5, 5.41) is 0. The van der Waals surface area contributed by atoms with Crippen LogP contribution < -0.4 is 9.47 Å². The molecule has 0 bridgehead atoms. The highest BCUT2D eigenvalue weighted by molar-refractivity contribution is 5.71. The third-order valence-electron chi connectivity index (χ3n) is 3.94. The van der Waals surface area contributed by atoms with Crippen LogP contribution in [-0.4, -0.2) is 45.3 Å². The van der Waals surface area contributed by atoms with Crippen LogP contribution >= 0.6 is 0 Å². The van der Waals surface area contributed by atoms with E-state index in [9.17, 15) is 4.79 Å². The summed E-state index contributed by atoms with van der Waals surface area (Å²) >= 11 is 0. The molecular formula is C16H23NO4. The van der Waals surface area contributed by atoms with Crippen LogP contribution in [0.2, 0.25) is 0 Å². The van der Waals surface area contributed by atoms with E-state index in [2.05, 4.69) is 4.90 Å². The lowest BCUT2D eigenvalue weighted by atomic mass is 9.90. The third-order valence-corrected chi connectivity index (χ3v) is 3.94. The molecule has 0 aromatic heterocycles. The van der Waals surface area contributed by atoms with Crippen LogP contribution in [-0.2, 0) is 16.0 Å². The first-order valence-corrected chi connectivity index (χ1v) is 7.21. The van der Waals surface area contributed by atoms with Crippen LogP contribution in [0.25, 0.3) is 0 Å². The van der Waals surface area contributed by atoms with Crippen molar-refractivity contribution in [1.29, 1.82) is 0 Å². The molecule has 5 heteroatoms. The molecule has 0 amide bonds. The van der Waals surface area contributed by atoms with E-state index in [4.69, 9.17) is 14.2 Å². The SMILES string of the molecule is CCOC(=O)CC1c2cc(OC)c(OC)cc2CCN1C. The molecule has 1 aromatic rings. The molecule has 0 aliphatic carbocycles. The molecule has 1 atom stereocenters. The summed E-state index contributed by atoms with van der Waals surface area (Å²) in [4.78, 5) is 14.0. The van der Waals surface area contributed by atoms with Gasteiger partial charge in [-0.15, -0.1) is 0 Å². The summed E-state index contributed by atoms with van der Waals surface area (Å²) in [5.74, 6) is 1.26. The van der Waals surface area contributed by atoms with Gasteiger partial charge in [0.25, 0.3) is 0 Å². The highest BCUT2D eigenvalue weighted by Crippen LogP contribution is 2.38. The average Bonchev–Trinajstić information content (AvgIpc) is 2.49. The Kier molecular flexibility index (Phi) is 5.07. The van der Waals surface area contributed by atoms with Gasteiger partial charge >= 0.3 is 5.97 Å². The van der Waals surface area contributed by atoms with E-state index in [1.54, 1.807) is 14.2 Å². The molecule has 0 fully saturated rings. The molecule has 0 N–H and O–H groups in total. The molecule has 0 spiro atoms. The van der Waals surface area contributed by atoms with Crippen molar-refractivity contribution in [3.63, 3.8) is 0 Å². The number of methoxy groups -OCH3 is 2. The zero-order valence-electron chi connectivity index (χ0n) is 13.1. The van der Waals surface area contributed by atoms with Gasteiger partial charge in [0.2, 0.25) is 0 Å². The summed E-state index contributed by atoms with van der Waals surface area (Å²) < 4.78 is 15.8. The van der Waals surface area contributed by atoms with Crippen molar-refractivity contribution in [3.05, 3.63) is 23.3 Å². The number of carbonyl (C=O) groups is 1. The average molecular weight is 293 g/mol. The molecule has 21 heavy (non-hydrogen) atoms. The first kappa shape index (κ1) is 15.6. The second kappa shape index (κ2) is 6.80. The maximum atomic E-state index is 11.8. The lowest BCUT2D eigenvalue weighted by Crippen LogP contribution is -2.34. The van der Waals surface area contributed by atoms with Gasteiger partial charge in [0.05, 0.1) is 27.2 Å². The van der Waals surface area contributed by atoms with Gasteiger partial charge in [-0.25, -0.2) is 0 Å². The van der Waals surface area contributed by atoms with E-state index >= 15 is 0 Å². The summed E-state index contributed by atoms with van der Waals surface area (Å²) in [6, 6.07) is 4.01. The van der Waals surface area contributed by atoms with E-state index in [0.717, 1.165) is 24.3 Å². The van der Waals surface area contributed by atoms with Gasteiger partial charge in [-0.2, -0.15) is 0 Å². The third kappa shape index (κ3) is 3.29.